The molecule has 4 aromatic carbocycles. The lowest BCUT2D eigenvalue weighted by atomic mass is 9.94. The first-order chi connectivity index (χ1) is 25.6. The highest BCUT2D eigenvalue weighted by atomic mass is 32.1. The minimum atomic E-state index is -0.737. The third-order valence-electron chi connectivity index (χ3n) is 9.11. The maximum Gasteiger partial charge on any atom is 0.358 e. The normalized spacial score (nSPS) is 12.6. The van der Waals surface area contributed by atoms with Crippen molar-refractivity contribution >= 4 is 50.7 Å². The summed E-state index contributed by atoms with van der Waals surface area (Å²) in [6, 6.07) is 30.9. The van der Waals surface area contributed by atoms with Gasteiger partial charge in [-0.15, -0.1) is 0 Å². The Hall–Kier alpha value is -5.87. The number of amides is 1. The number of aldehydes is 1. The van der Waals surface area contributed by atoms with Crippen molar-refractivity contribution in [1.82, 2.24) is 9.97 Å². The second kappa shape index (κ2) is 15.0. The number of para-hydroxylation sites is 1. The maximum absolute atomic E-state index is 13.8. The number of aromatic nitrogens is 2. The predicted molar refractivity (Wildman–Crippen MR) is 209 cm³/mol. The molecule has 1 aliphatic heterocycles. The van der Waals surface area contributed by atoms with Crippen molar-refractivity contribution < 1.29 is 23.9 Å². The standard InChI is InChI=1S/C43H40N4O5S/c1-27-31(12-8-15-36(27)51-30-19-17-28(18-20-30)10-9-25-48)32-21-22-38(45-39(32)41(50)52-43(2,3)4)47-24-23-29-11-7-13-33(34(29)26-47)40(49)46-42-44-35-14-5-6-16-37(35)53-42/h5-8,11-22,25H,9-10,23-24,26H2,1-4H3,(H,44,46,49). The largest absolute Gasteiger partial charge is 0.457 e. The van der Waals surface area contributed by atoms with Gasteiger partial charge in [-0.25, -0.2) is 14.8 Å². The Morgan fingerprint density at radius 1 is 0.906 bits per heavy atom. The zero-order chi connectivity index (χ0) is 37.1. The molecule has 3 heterocycles. The van der Waals surface area contributed by atoms with Gasteiger partial charge in [0.25, 0.3) is 5.91 Å². The molecule has 9 nitrogen and oxygen atoms in total. The average molecular weight is 725 g/mol. The van der Waals surface area contributed by atoms with Crippen molar-refractivity contribution in [3.05, 3.63) is 131 Å². The number of benzene rings is 4. The minimum Gasteiger partial charge on any atom is -0.457 e. The van der Waals surface area contributed by atoms with Gasteiger partial charge in [-0.1, -0.05) is 59.9 Å². The molecule has 0 aliphatic carbocycles. The van der Waals surface area contributed by atoms with Gasteiger partial charge < -0.3 is 19.2 Å². The molecule has 0 saturated heterocycles. The van der Waals surface area contributed by atoms with Crippen LogP contribution in [0, 0.1) is 6.92 Å². The van der Waals surface area contributed by atoms with E-state index in [9.17, 15) is 14.4 Å². The van der Waals surface area contributed by atoms with E-state index in [2.05, 4.69) is 21.3 Å². The number of esters is 1. The molecule has 0 bridgehead atoms. The van der Waals surface area contributed by atoms with Crippen LogP contribution in [0.15, 0.2) is 97.1 Å². The lowest BCUT2D eigenvalue weighted by molar-refractivity contribution is -0.107. The number of ether oxygens (including phenoxy) is 2. The lowest BCUT2D eigenvalue weighted by Crippen LogP contribution is -2.33. The van der Waals surface area contributed by atoms with Gasteiger partial charge in [0.05, 0.1) is 10.2 Å². The molecule has 0 atom stereocenters. The zero-order valence-corrected chi connectivity index (χ0v) is 31.0. The molecular weight excluding hydrogens is 685 g/mol. The van der Waals surface area contributed by atoms with Crippen LogP contribution < -0.4 is 15.0 Å². The number of rotatable bonds is 10. The third-order valence-corrected chi connectivity index (χ3v) is 10.1. The molecule has 6 aromatic rings. The van der Waals surface area contributed by atoms with Gasteiger partial charge in [-0.2, -0.15) is 0 Å². The van der Waals surface area contributed by atoms with Gasteiger partial charge in [-0.3, -0.25) is 10.1 Å². The van der Waals surface area contributed by atoms with E-state index in [0.717, 1.165) is 44.3 Å². The van der Waals surface area contributed by atoms with E-state index >= 15 is 0 Å². The fourth-order valence-electron chi connectivity index (χ4n) is 6.50. The molecule has 7 rings (SSSR count). The van der Waals surface area contributed by atoms with Crippen LogP contribution in [0.1, 0.15) is 70.3 Å². The maximum atomic E-state index is 13.8. The first kappa shape index (κ1) is 35.5. The van der Waals surface area contributed by atoms with E-state index in [1.165, 1.54) is 11.3 Å². The van der Waals surface area contributed by atoms with E-state index in [4.69, 9.17) is 14.5 Å². The SMILES string of the molecule is Cc1c(Oc2ccc(CCC=O)cc2)cccc1-c1ccc(N2CCc3cccc(C(=O)Nc4nc5ccccc5s4)c3C2)nc1C(=O)OC(C)(C)C. The molecule has 1 amide bonds. The van der Waals surface area contributed by atoms with Crippen LogP contribution in [-0.2, 0) is 28.9 Å². The lowest BCUT2D eigenvalue weighted by Gasteiger charge is -2.31. The number of nitrogens with zero attached hydrogens (tertiary/aromatic N) is 3. The molecule has 1 N–H and O–H groups in total. The van der Waals surface area contributed by atoms with Crippen LogP contribution in [0.4, 0.5) is 10.9 Å². The molecule has 0 saturated carbocycles. The summed E-state index contributed by atoms with van der Waals surface area (Å²) in [4.78, 5) is 49.9. The van der Waals surface area contributed by atoms with Crippen molar-refractivity contribution in [3.8, 4) is 22.6 Å². The van der Waals surface area contributed by atoms with Gasteiger partial charge in [0.1, 0.15) is 29.2 Å². The van der Waals surface area contributed by atoms with Crippen LogP contribution in [0.3, 0.4) is 0 Å². The number of pyridine rings is 1. The zero-order valence-electron chi connectivity index (χ0n) is 30.1. The van der Waals surface area contributed by atoms with Crippen molar-refractivity contribution in [2.75, 3.05) is 16.8 Å². The fraction of sp³-hybridized carbons (Fsp3) is 0.233. The molecule has 1 aliphatic rings. The Kier molecular flexibility index (Phi) is 10.1. The smallest absolute Gasteiger partial charge is 0.358 e. The van der Waals surface area contributed by atoms with E-state index in [1.807, 2.05) is 119 Å². The Labute approximate surface area is 312 Å². The van der Waals surface area contributed by atoms with Gasteiger partial charge in [0.15, 0.2) is 10.8 Å². The van der Waals surface area contributed by atoms with Crippen molar-refractivity contribution in [2.45, 2.75) is 59.1 Å². The summed E-state index contributed by atoms with van der Waals surface area (Å²) in [7, 11) is 0. The molecular formula is C43H40N4O5S. The number of carbonyl (C=O) groups excluding carboxylic acids is 3. The highest BCUT2D eigenvalue weighted by molar-refractivity contribution is 7.22. The summed E-state index contributed by atoms with van der Waals surface area (Å²) in [6.45, 7) is 8.56. The second-order valence-corrected chi connectivity index (χ2v) is 15.0. The van der Waals surface area contributed by atoms with Crippen LogP contribution in [0.2, 0.25) is 0 Å². The van der Waals surface area contributed by atoms with Gasteiger partial charge in [-0.05, 0) is 117 Å². The molecule has 2 aromatic heterocycles. The monoisotopic (exact) mass is 724 g/mol. The number of hydrogen-bond donors (Lipinski definition) is 1. The van der Waals surface area contributed by atoms with Gasteiger partial charge in [0, 0.05) is 30.6 Å². The second-order valence-electron chi connectivity index (χ2n) is 14.0. The average Bonchev–Trinajstić information content (AvgIpc) is 3.56. The summed E-state index contributed by atoms with van der Waals surface area (Å²) in [6.07, 6.45) is 2.78. The molecule has 53 heavy (non-hydrogen) atoms. The molecule has 0 fully saturated rings. The number of hydrogen-bond acceptors (Lipinski definition) is 9. The minimum absolute atomic E-state index is 0.199. The number of thiazole rings is 1. The number of aryl methyl sites for hydroxylation is 1. The van der Waals surface area contributed by atoms with E-state index in [-0.39, 0.29) is 11.6 Å². The number of carbonyl (C=O) groups is 3. The number of anilines is 2. The van der Waals surface area contributed by atoms with Crippen LogP contribution >= 0.6 is 11.3 Å². The summed E-state index contributed by atoms with van der Waals surface area (Å²) < 4.78 is 13.2. The molecule has 0 unspecified atom stereocenters. The highest BCUT2D eigenvalue weighted by Crippen LogP contribution is 2.37. The van der Waals surface area contributed by atoms with Crippen LogP contribution in [0.5, 0.6) is 11.5 Å². The molecule has 0 spiro atoms. The number of nitrogens with one attached hydrogen (secondary N) is 1. The first-order valence-electron chi connectivity index (χ1n) is 17.6. The summed E-state index contributed by atoms with van der Waals surface area (Å²) in [5.74, 6) is 1.18. The van der Waals surface area contributed by atoms with E-state index < -0.39 is 11.6 Å². The number of fused-ring (bicyclic) bond motifs is 2. The summed E-state index contributed by atoms with van der Waals surface area (Å²) >= 11 is 1.44. The van der Waals surface area contributed by atoms with Crippen LogP contribution in [0.25, 0.3) is 21.3 Å². The Bertz CT molecular complexity index is 2290. The Morgan fingerprint density at radius 2 is 1.70 bits per heavy atom. The Morgan fingerprint density at radius 3 is 2.47 bits per heavy atom. The topological polar surface area (TPSA) is 111 Å². The first-order valence-corrected chi connectivity index (χ1v) is 18.5. The van der Waals surface area contributed by atoms with Gasteiger partial charge in [0.2, 0.25) is 0 Å². The van der Waals surface area contributed by atoms with Gasteiger partial charge >= 0.3 is 5.97 Å². The molecule has 10 heteroatoms. The van der Waals surface area contributed by atoms with Crippen molar-refractivity contribution in [2.24, 2.45) is 0 Å². The quantitative estimate of drug-likeness (QED) is 0.110. The van der Waals surface area contributed by atoms with Crippen molar-refractivity contribution in [3.63, 3.8) is 0 Å². The van der Waals surface area contributed by atoms with Crippen molar-refractivity contribution in [1.29, 1.82) is 0 Å². The molecule has 0 radical (unpaired) electrons. The fourth-order valence-corrected chi connectivity index (χ4v) is 7.36. The van der Waals surface area contributed by atoms with E-state index in [1.54, 1.807) is 0 Å². The molecule has 268 valence electrons. The Balaban J connectivity index is 1.18. The summed E-state index contributed by atoms with van der Waals surface area (Å²) in [5, 5.41) is 3.56. The third kappa shape index (κ3) is 7.98. The highest BCUT2D eigenvalue weighted by Gasteiger charge is 2.28. The predicted octanol–water partition coefficient (Wildman–Crippen LogP) is 9.36. The van der Waals surface area contributed by atoms with Crippen LogP contribution in [-0.4, -0.2) is 40.3 Å². The summed E-state index contributed by atoms with van der Waals surface area (Å²) in [5.41, 5.74) is 6.23. The van der Waals surface area contributed by atoms with E-state index in [0.29, 0.717) is 65.9 Å².